The van der Waals surface area contributed by atoms with Gasteiger partial charge in [-0.2, -0.15) is 13.2 Å². The van der Waals surface area contributed by atoms with E-state index in [1.54, 1.807) is 0 Å². The lowest BCUT2D eigenvalue weighted by molar-refractivity contribution is -0.114. The monoisotopic (exact) mass is 197 g/mol. The van der Waals surface area contributed by atoms with Gasteiger partial charge in [0.1, 0.15) is 12.0 Å². The molecular weight excluding hydrogens is 186 g/mol. The molecule has 0 aromatic carbocycles. The average Bonchev–Trinajstić information content (AvgIpc) is 2.05. The second-order valence-electron chi connectivity index (χ2n) is 3.04. The Balaban J connectivity index is 2.66. The molecule has 0 radical (unpaired) electrons. The van der Waals surface area contributed by atoms with E-state index in [1.807, 2.05) is 0 Å². The molecule has 13 heavy (non-hydrogen) atoms. The zero-order chi connectivity index (χ0) is 9.90. The normalized spacial score (nSPS) is 20.6. The van der Waals surface area contributed by atoms with Crippen LogP contribution in [0.2, 0.25) is 0 Å². The molecule has 5 heteroatoms. The van der Waals surface area contributed by atoms with Crippen LogP contribution in [-0.4, -0.2) is 24.2 Å². The molecule has 1 aliphatic rings. The van der Waals surface area contributed by atoms with Crippen molar-refractivity contribution in [1.29, 1.82) is 0 Å². The molecule has 1 nitrogen and oxygen atoms in total. The standard InChI is InChI=1S/C8H11F4N/c9-6-7(8(10,11)12)13-4-2-1-3-5-13/h6H,1-5H2/b7-6-. The first-order valence-electron chi connectivity index (χ1n) is 4.18. The summed E-state index contributed by atoms with van der Waals surface area (Å²) in [6.07, 6.45) is -2.58. The van der Waals surface area contributed by atoms with Crippen LogP contribution in [0.5, 0.6) is 0 Å². The van der Waals surface area contributed by atoms with Gasteiger partial charge < -0.3 is 4.90 Å². The summed E-state index contributed by atoms with van der Waals surface area (Å²) in [4.78, 5) is 1.06. The summed E-state index contributed by atoms with van der Waals surface area (Å²) in [5.41, 5.74) is -1.15. The number of likely N-dealkylation sites (tertiary alicyclic amines) is 1. The van der Waals surface area contributed by atoms with Gasteiger partial charge in [-0.1, -0.05) is 0 Å². The molecule has 0 spiro atoms. The van der Waals surface area contributed by atoms with Crippen LogP contribution in [0, 0.1) is 0 Å². The van der Waals surface area contributed by atoms with E-state index >= 15 is 0 Å². The largest absolute Gasteiger partial charge is 0.433 e. The summed E-state index contributed by atoms with van der Waals surface area (Å²) in [6, 6.07) is 0. The van der Waals surface area contributed by atoms with Gasteiger partial charge in [-0.25, -0.2) is 4.39 Å². The third kappa shape index (κ3) is 2.60. The van der Waals surface area contributed by atoms with Gasteiger partial charge in [0.2, 0.25) is 0 Å². The van der Waals surface area contributed by atoms with Crippen LogP contribution in [0.3, 0.4) is 0 Å². The zero-order valence-electron chi connectivity index (χ0n) is 7.07. The minimum atomic E-state index is -4.56. The van der Waals surface area contributed by atoms with Crippen LogP contribution in [0.25, 0.3) is 0 Å². The van der Waals surface area contributed by atoms with E-state index in [0.29, 0.717) is 25.9 Å². The van der Waals surface area contributed by atoms with E-state index < -0.39 is 11.9 Å². The molecular formula is C8H11F4N. The third-order valence-electron chi connectivity index (χ3n) is 2.09. The van der Waals surface area contributed by atoms with Crippen molar-refractivity contribution in [3.8, 4) is 0 Å². The lowest BCUT2D eigenvalue weighted by Crippen LogP contribution is -2.35. The molecule has 0 atom stereocenters. The maximum Gasteiger partial charge on any atom is 0.433 e. The second kappa shape index (κ2) is 3.98. The number of nitrogens with zero attached hydrogens (tertiary/aromatic N) is 1. The fourth-order valence-electron chi connectivity index (χ4n) is 1.44. The summed E-state index contributed by atoms with van der Waals surface area (Å²) >= 11 is 0. The van der Waals surface area contributed by atoms with E-state index in [1.165, 1.54) is 0 Å². The third-order valence-corrected chi connectivity index (χ3v) is 2.09. The van der Waals surface area contributed by atoms with Crippen molar-refractivity contribution in [2.45, 2.75) is 25.4 Å². The Hall–Kier alpha value is -0.740. The van der Waals surface area contributed by atoms with Crippen LogP contribution < -0.4 is 0 Å². The van der Waals surface area contributed by atoms with Gasteiger partial charge >= 0.3 is 6.18 Å². The van der Waals surface area contributed by atoms with E-state index in [2.05, 4.69) is 0 Å². The highest BCUT2D eigenvalue weighted by Gasteiger charge is 2.38. The number of halogens is 4. The number of piperidine rings is 1. The molecule has 0 saturated carbocycles. The summed E-state index contributed by atoms with van der Waals surface area (Å²) in [5, 5.41) is 0. The SMILES string of the molecule is F/C=C(\N1CCCCC1)C(F)(F)F. The van der Waals surface area contributed by atoms with Gasteiger partial charge in [-0.15, -0.1) is 0 Å². The highest BCUT2D eigenvalue weighted by atomic mass is 19.4. The van der Waals surface area contributed by atoms with Crippen LogP contribution in [0.15, 0.2) is 12.0 Å². The Kier molecular flexibility index (Phi) is 3.17. The van der Waals surface area contributed by atoms with E-state index in [-0.39, 0.29) is 6.33 Å². The van der Waals surface area contributed by atoms with Crippen LogP contribution in [0.4, 0.5) is 17.6 Å². The molecule has 0 unspecified atom stereocenters. The van der Waals surface area contributed by atoms with E-state index in [9.17, 15) is 17.6 Å². The number of hydrogen-bond donors (Lipinski definition) is 0. The van der Waals surface area contributed by atoms with Crippen molar-refractivity contribution in [3.05, 3.63) is 12.0 Å². The number of hydrogen-bond acceptors (Lipinski definition) is 1. The molecule has 0 aromatic rings. The lowest BCUT2D eigenvalue weighted by atomic mass is 10.1. The smallest absolute Gasteiger partial charge is 0.366 e. The van der Waals surface area contributed by atoms with Crippen molar-refractivity contribution < 1.29 is 17.6 Å². The van der Waals surface area contributed by atoms with Crippen LogP contribution >= 0.6 is 0 Å². The Bertz CT molecular complexity index is 191. The molecule has 0 aliphatic carbocycles. The topological polar surface area (TPSA) is 3.24 Å². The first-order valence-corrected chi connectivity index (χ1v) is 4.18. The zero-order valence-corrected chi connectivity index (χ0v) is 7.07. The Morgan fingerprint density at radius 2 is 1.62 bits per heavy atom. The van der Waals surface area contributed by atoms with Crippen molar-refractivity contribution in [2.24, 2.45) is 0 Å². The van der Waals surface area contributed by atoms with E-state index in [0.717, 1.165) is 11.3 Å². The molecule has 76 valence electrons. The van der Waals surface area contributed by atoms with Crippen molar-refractivity contribution in [3.63, 3.8) is 0 Å². The highest BCUT2D eigenvalue weighted by molar-refractivity contribution is 5.05. The van der Waals surface area contributed by atoms with Crippen LogP contribution in [0.1, 0.15) is 19.3 Å². The van der Waals surface area contributed by atoms with Gasteiger partial charge in [-0.3, -0.25) is 0 Å². The highest BCUT2D eigenvalue weighted by Crippen LogP contribution is 2.30. The molecule has 0 amide bonds. The lowest BCUT2D eigenvalue weighted by Gasteiger charge is -2.30. The van der Waals surface area contributed by atoms with Gasteiger partial charge in [0, 0.05) is 13.1 Å². The molecule has 1 aliphatic heterocycles. The number of alkyl halides is 3. The Morgan fingerprint density at radius 1 is 1.08 bits per heavy atom. The quantitative estimate of drug-likeness (QED) is 0.584. The predicted molar refractivity (Wildman–Crippen MR) is 40.7 cm³/mol. The molecule has 1 fully saturated rings. The van der Waals surface area contributed by atoms with Gasteiger partial charge in [0.25, 0.3) is 0 Å². The maximum absolute atomic E-state index is 12.2. The number of allylic oxidation sites excluding steroid dienone is 1. The predicted octanol–water partition coefficient (Wildman–Crippen LogP) is 2.85. The fourth-order valence-corrected chi connectivity index (χ4v) is 1.44. The first kappa shape index (κ1) is 10.3. The molecule has 0 aromatic heterocycles. The Labute approximate surface area is 74.0 Å². The summed E-state index contributed by atoms with van der Waals surface area (Å²) in [5.74, 6) is 0. The summed E-state index contributed by atoms with van der Waals surface area (Å²) in [7, 11) is 0. The van der Waals surface area contributed by atoms with Crippen molar-refractivity contribution >= 4 is 0 Å². The molecule has 1 rings (SSSR count). The van der Waals surface area contributed by atoms with Crippen molar-refractivity contribution in [1.82, 2.24) is 4.90 Å². The maximum atomic E-state index is 12.2. The minimum absolute atomic E-state index is 0.301. The average molecular weight is 197 g/mol. The molecule has 0 N–H and O–H groups in total. The van der Waals surface area contributed by atoms with Crippen molar-refractivity contribution in [2.75, 3.05) is 13.1 Å². The Morgan fingerprint density at radius 3 is 2.00 bits per heavy atom. The summed E-state index contributed by atoms with van der Waals surface area (Å²) < 4.78 is 48.5. The molecule has 0 bridgehead atoms. The van der Waals surface area contributed by atoms with Gasteiger partial charge in [0.05, 0.1) is 0 Å². The van der Waals surface area contributed by atoms with Gasteiger partial charge in [-0.05, 0) is 19.3 Å². The van der Waals surface area contributed by atoms with E-state index in [4.69, 9.17) is 0 Å². The van der Waals surface area contributed by atoms with Crippen LogP contribution in [-0.2, 0) is 0 Å². The molecule has 1 saturated heterocycles. The number of rotatable bonds is 1. The second-order valence-corrected chi connectivity index (χ2v) is 3.04. The minimum Gasteiger partial charge on any atom is -0.366 e. The first-order chi connectivity index (χ1) is 6.05. The van der Waals surface area contributed by atoms with Gasteiger partial charge in [0.15, 0.2) is 0 Å². The summed E-state index contributed by atoms with van der Waals surface area (Å²) in [6.45, 7) is 0.602. The fraction of sp³-hybridized carbons (Fsp3) is 0.750. The molecule has 1 heterocycles.